The van der Waals surface area contributed by atoms with Crippen LogP contribution in [0.25, 0.3) is 22.4 Å². The first-order chi connectivity index (χ1) is 13.0. The van der Waals surface area contributed by atoms with Gasteiger partial charge in [0, 0.05) is 12.6 Å². The molecule has 4 aromatic rings. The largest absolute Gasteiger partial charge is 0.467 e. The van der Waals surface area contributed by atoms with Crippen molar-refractivity contribution in [3.63, 3.8) is 0 Å². The molecule has 7 heteroatoms. The van der Waals surface area contributed by atoms with Crippen LogP contribution < -0.4 is 0 Å². The number of pyridine rings is 1. The summed E-state index contributed by atoms with van der Waals surface area (Å²) in [6.45, 7) is 2.04. The van der Waals surface area contributed by atoms with E-state index in [-0.39, 0.29) is 17.2 Å². The topological polar surface area (TPSA) is 72.4 Å². The number of benzene rings is 1. The van der Waals surface area contributed by atoms with Gasteiger partial charge in [-0.05, 0) is 37.3 Å². The maximum Gasteiger partial charge on any atom is 0.259 e. The second-order valence-corrected chi connectivity index (χ2v) is 6.22. The standard InChI is InChI=1S/C20H16FN3O3/c1-12-18-15(20(25)24(2)11-13-6-5-9-26-13)10-17(22-19(18)27-23-12)14-7-3-4-8-16(14)21/h3-10H,11H2,1-2H3. The average molecular weight is 365 g/mol. The number of aryl methyl sites for hydroxylation is 1. The Morgan fingerprint density at radius 1 is 1.22 bits per heavy atom. The molecule has 27 heavy (non-hydrogen) atoms. The summed E-state index contributed by atoms with van der Waals surface area (Å²) in [5.74, 6) is -0.0295. The number of nitrogens with zero attached hydrogens (tertiary/aromatic N) is 3. The molecule has 3 heterocycles. The van der Waals surface area contributed by atoms with Crippen LogP contribution in [-0.4, -0.2) is 28.0 Å². The van der Waals surface area contributed by atoms with E-state index in [1.807, 2.05) is 0 Å². The highest BCUT2D eigenvalue weighted by molar-refractivity contribution is 6.06. The van der Waals surface area contributed by atoms with Crippen molar-refractivity contribution in [3.05, 3.63) is 71.6 Å². The third-order valence-corrected chi connectivity index (χ3v) is 4.32. The third-order valence-electron chi connectivity index (χ3n) is 4.32. The Kier molecular flexibility index (Phi) is 4.19. The van der Waals surface area contributed by atoms with Crippen LogP contribution in [0, 0.1) is 12.7 Å². The van der Waals surface area contributed by atoms with E-state index in [1.165, 1.54) is 11.0 Å². The zero-order valence-electron chi connectivity index (χ0n) is 14.8. The van der Waals surface area contributed by atoms with Crippen LogP contribution in [0.4, 0.5) is 4.39 Å². The lowest BCUT2D eigenvalue weighted by molar-refractivity contribution is 0.0777. The normalized spacial score (nSPS) is 11.1. The van der Waals surface area contributed by atoms with E-state index < -0.39 is 5.82 Å². The second-order valence-electron chi connectivity index (χ2n) is 6.22. The minimum Gasteiger partial charge on any atom is -0.467 e. The lowest BCUT2D eigenvalue weighted by atomic mass is 10.0. The van der Waals surface area contributed by atoms with Gasteiger partial charge < -0.3 is 13.8 Å². The number of hydrogen-bond acceptors (Lipinski definition) is 5. The van der Waals surface area contributed by atoms with Gasteiger partial charge in [0.25, 0.3) is 11.6 Å². The van der Waals surface area contributed by atoms with Gasteiger partial charge in [0.1, 0.15) is 11.6 Å². The molecule has 6 nitrogen and oxygen atoms in total. The highest BCUT2D eigenvalue weighted by atomic mass is 19.1. The van der Waals surface area contributed by atoms with Gasteiger partial charge in [-0.3, -0.25) is 4.79 Å². The summed E-state index contributed by atoms with van der Waals surface area (Å²) in [4.78, 5) is 19.0. The minimum atomic E-state index is -0.428. The molecule has 0 saturated heterocycles. The van der Waals surface area contributed by atoms with Crippen molar-refractivity contribution in [2.75, 3.05) is 7.05 Å². The number of halogens is 1. The molecule has 0 fully saturated rings. The van der Waals surface area contributed by atoms with Crippen LogP contribution in [0.2, 0.25) is 0 Å². The first kappa shape index (κ1) is 17.0. The number of rotatable bonds is 4. The maximum absolute atomic E-state index is 14.2. The first-order valence-electron chi connectivity index (χ1n) is 8.34. The predicted octanol–water partition coefficient (Wildman–Crippen LogP) is 4.20. The first-order valence-corrected chi connectivity index (χ1v) is 8.34. The fourth-order valence-electron chi connectivity index (χ4n) is 2.98. The predicted molar refractivity (Wildman–Crippen MR) is 96.4 cm³/mol. The maximum atomic E-state index is 14.2. The van der Waals surface area contributed by atoms with E-state index >= 15 is 0 Å². The molecule has 4 rings (SSSR count). The van der Waals surface area contributed by atoms with Gasteiger partial charge in [0.15, 0.2) is 0 Å². The molecule has 0 aliphatic heterocycles. The van der Waals surface area contributed by atoms with E-state index in [9.17, 15) is 9.18 Å². The second kappa shape index (κ2) is 6.68. The Balaban J connectivity index is 1.82. The summed E-state index contributed by atoms with van der Waals surface area (Å²) in [7, 11) is 1.67. The van der Waals surface area contributed by atoms with Crippen molar-refractivity contribution in [3.8, 4) is 11.3 Å². The zero-order chi connectivity index (χ0) is 19.0. The number of carbonyl (C=O) groups excluding carboxylic acids is 1. The van der Waals surface area contributed by atoms with Gasteiger partial charge in [-0.2, -0.15) is 0 Å². The summed E-state index contributed by atoms with van der Waals surface area (Å²) < 4.78 is 24.8. The molecule has 0 spiro atoms. The Morgan fingerprint density at radius 3 is 2.78 bits per heavy atom. The lowest BCUT2D eigenvalue weighted by Gasteiger charge is -2.17. The fourth-order valence-corrected chi connectivity index (χ4v) is 2.98. The average Bonchev–Trinajstić information content (AvgIpc) is 3.31. The Labute approximate surface area is 154 Å². The van der Waals surface area contributed by atoms with Crippen LogP contribution in [-0.2, 0) is 6.54 Å². The van der Waals surface area contributed by atoms with Gasteiger partial charge in [0.05, 0.1) is 35.1 Å². The Bertz CT molecular complexity index is 1120. The van der Waals surface area contributed by atoms with E-state index in [4.69, 9.17) is 8.94 Å². The van der Waals surface area contributed by atoms with Crippen molar-refractivity contribution in [2.45, 2.75) is 13.5 Å². The molecular weight excluding hydrogens is 349 g/mol. The molecule has 0 aliphatic carbocycles. The highest BCUT2D eigenvalue weighted by Gasteiger charge is 2.23. The van der Waals surface area contributed by atoms with Crippen molar-refractivity contribution in [1.29, 1.82) is 0 Å². The molecule has 0 radical (unpaired) electrons. The molecule has 0 bridgehead atoms. The van der Waals surface area contributed by atoms with Gasteiger partial charge in [-0.15, -0.1) is 0 Å². The smallest absolute Gasteiger partial charge is 0.259 e. The van der Waals surface area contributed by atoms with Crippen LogP contribution in [0.5, 0.6) is 0 Å². The summed E-state index contributed by atoms with van der Waals surface area (Å²) in [5, 5.41) is 4.43. The fraction of sp³-hybridized carbons (Fsp3) is 0.150. The van der Waals surface area contributed by atoms with E-state index in [0.717, 1.165) is 0 Å². The van der Waals surface area contributed by atoms with Crippen LogP contribution in [0.3, 0.4) is 0 Å². The van der Waals surface area contributed by atoms with Gasteiger partial charge >= 0.3 is 0 Å². The summed E-state index contributed by atoms with van der Waals surface area (Å²) in [5.41, 5.74) is 1.70. The Morgan fingerprint density at radius 2 is 2.04 bits per heavy atom. The monoisotopic (exact) mass is 365 g/mol. The highest BCUT2D eigenvalue weighted by Crippen LogP contribution is 2.29. The van der Waals surface area contributed by atoms with E-state index in [0.29, 0.717) is 34.6 Å². The number of carbonyl (C=O) groups is 1. The molecule has 0 N–H and O–H groups in total. The molecule has 0 saturated carbocycles. The molecule has 1 amide bonds. The summed E-state index contributed by atoms with van der Waals surface area (Å²) >= 11 is 0. The molecule has 0 atom stereocenters. The molecular formula is C20H16FN3O3. The van der Waals surface area contributed by atoms with Crippen molar-refractivity contribution < 1.29 is 18.1 Å². The summed E-state index contributed by atoms with van der Waals surface area (Å²) in [6.07, 6.45) is 1.55. The molecule has 3 aromatic heterocycles. The van der Waals surface area contributed by atoms with Crippen molar-refractivity contribution in [2.24, 2.45) is 0 Å². The van der Waals surface area contributed by atoms with Crippen LogP contribution >= 0.6 is 0 Å². The van der Waals surface area contributed by atoms with Gasteiger partial charge in [-0.1, -0.05) is 17.3 Å². The minimum absolute atomic E-state index is 0.197. The van der Waals surface area contributed by atoms with Crippen LogP contribution in [0.15, 0.2) is 57.7 Å². The SMILES string of the molecule is Cc1noc2nc(-c3ccccc3F)cc(C(=O)N(C)Cc3ccco3)c12. The molecule has 0 unspecified atom stereocenters. The molecule has 136 valence electrons. The van der Waals surface area contributed by atoms with Crippen LogP contribution in [0.1, 0.15) is 21.8 Å². The number of fused-ring (bicyclic) bond motifs is 1. The van der Waals surface area contributed by atoms with Crippen molar-refractivity contribution >= 4 is 17.0 Å². The number of aromatic nitrogens is 2. The van der Waals surface area contributed by atoms with Gasteiger partial charge in [-0.25, -0.2) is 9.37 Å². The van der Waals surface area contributed by atoms with Gasteiger partial charge in [0.2, 0.25) is 0 Å². The quantitative estimate of drug-likeness (QED) is 0.542. The number of amides is 1. The number of furan rings is 1. The summed E-state index contributed by atoms with van der Waals surface area (Å²) in [6, 6.07) is 11.4. The zero-order valence-corrected chi connectivity index (χ0v) is 14.8. The number of hydrogen-bond donors (Lipinski definition) is 0. The van der Waals surface area contributed by atoms with Crippen molar-refractivity contribution in [1.82, 2.24) is 15.0 Å². The Hall–Kier alpha value is -3.48. The van der Waals surface area contributed by atoms with E-state index in [1.54, 1.807) is 56.6 Å². The molecule has 1 aromatic carbocycles. The van der Waals surface area contributed by atoms with E-state index in [2.05, 4.69) is 10.1 Å². The molecule has 0 aliphatic rings. The third kappa shape index (κ3) is 3.08. The lowest BCUT2D eigenvalue weighted by Crippen LogP contribution is -2.26.